The maximum Gasteiger partial charge on any atom is 0.272 e. The first-order valence-corrected chi connectivity index (χ1v) is 9.10. The Morgan fingerprint density at radius 2 is 1.96 bits per heavy atom. The zero-order valence-electron chi connectivity index (χ0n) is 13.7. The van der Waals surface area contributed by atoms with Crippen molar-refractivity contribution in [2.75, 3.05) is 31.1 Å². The molecule has 1 aliphatic heterocycles. The number of fused-ring (bicyclic) bond motifs is 1. The lowest BCUT2D eigenvalue weighted by molar-refractivity contribution is 0.0761. The van der Waals surface area contributed by atoms with E-state index in [0.717, 1.165) is 47.5 Å². The van der Waals surface area contributed by atoms with Crippen molar-refractivity contribution in [3.63, 3.8) is 0 Å². The summed E-state index contributed by atoms with van der Waals surface area (Å²) in [4.78, 5) is 29.0. The van der Waals surface area contributed by atoms with Gasteiger partial charge < -0.3 is 14.8 Å². The molecule has 0 unspecified atom stereocenters. The van der Waals surface area contributed by atoms with Crippen LogP contribution in [0.25, 0.3) is 11.0 Å². The van der Waals surface area contributed by atoms with Crippen LogP contribution >= 0.6 is 15.9 Å². The highest BCUT2D eigenvalue weighted by molar-refractivity contribution is 9.10. The van der Waals surface area contributed by atoms with Gasteiger partial charge in [0.25, 0.3) is 5.91 Å². The predicted molar refractivity (Wildman–Crippen MR) is 101 cm³/mol. The summed E-state index contributed by atoms with van der Waals surface area (Å²) in [5.74, 6) is 0.858. The third-order valence-electron chi connectivity index (χ3n) is 4.41. The molecule has 6 nitrogen and oxygen atoms in total. The molecule has 7 heteroatoms. The van der Waals surface area contributed by atoms with Crippen LogP contribution in [-0.4, -0.2) is 51.9 Å². The summed E-state index contributed by atoms with van der Waals surface area (Å²) >= 11 is 3.35. The minimum absolute atomic E-state index is 0.0149. The fourth-order valence-corrected chi connectivity index (χ4v) is 3.32. The molecule has 0 spiro atoms. The zero-order valence-corrected chi connectivity index (χ0v) is 15.2. The number of anilines is 1. The molecular weight excluding hydrogens is 382 g/mol. The van der Waals surface area contributed by atoms with Crippen LogP contribution < -0.4 is 4.90 Å². The van der Waals surface area contributed by atoms with Gasteiger partial charge in [0.15, 0.2) is 0 Å². The molecule has 3 heterocycles. The summed E-state index contributed by atoms with van der Waals surface area (Å²) in [5.41, 5.74) is 2.49. The molecule has 0 radical (unpaired) electrons. The Morgan fingerprint density at radius 3 is 2.76 bits per heavy atom. The number of amides is 1. The van der Waals surface area contributed by atoms with Crippen molar-refractivity contribution in [1.82, 2.24) is 19.9 Å². The van der Waals surface area contributed by atoms with Crippen LogP contribution in [-0.2, 0) is 0 Å². The van der Waals surface area contributed by atoms with Crippen LogP contribution in [0.5, 0.6) is 0 Å². The molecule has 3 aromatic rings. The summed E-state index contributed by atoms with van der Waals surface area (Å²) in [5, 5.41) is 0. The Hall–Kier alpha value is -2.41. The summed E-state index contributed by atoms with van der Waals surface area (Å²) in [6.07, 6.45) is 2.56. The quantitative estimate of drug-likeness (QED) is 0.718. The lowest BCUT2D eigenvalue weighted by atomic mass is 10.3. The van der Waals surface area contributed by atoms with Gasteiger partial charge in [-0.3, -0.25) is 4.79 Å². The number of H-pyrrole nitrogens is 1. The Balaban J connectivity index is 1.48. The lowest BCUT2D eigenvalue weighted by Crippen LogP contribution is -2.35. The van der Waals surface area contributed by atoms with Gasteiger partial charge in [0.2, 0.25) is 5.95 Å². The van der Waals surface area contributed by atoms with Gasteiger partial charge in [0, 0.05) is 36.8 Å². The molecule has 1 N–H and O–H groups in total. The van der Waals surface area contributed by atoms with Gasteiger partial charge in [0.05, 0.1) is 11.0 Å². The highest BCUT2D eigenvalue weighted by atomic mass is 79.9. The minimum atomic E-state index is -0.0149. The van der Waals surface area contributed by atoms with Crippen molar-refractivity contribution in [2.45, 2.75) is 6.42 Å². The number of imidazole rings is 1. The maximum absolute atomic E-state index is 12.7. The molecular formula is C18H18BrN5O. The number of hydrogen-bond donors (Lipinski definition) is 1. The first-order valence-electron chi connectivity index (χ1n) is 8.31. The normalized spacial score (nSPS) is 15.4. The number of nitrogens with one attached hydrogen (secondary N) is 1. The van der Waals surface area contributed by atoms with Crippen LogP contribution in [0, 0.1) is 0 Å². The molecule has 0 aliphatic carbocycles. The van der Waals surface area contributed by atoms with E-state index in [2.05, 4.69) is 35.8 Å². The van der Waals surface area contributed by atoms with Gasteiger partial charge in [-0.25, -0.2) is 9.97 Å². The van der Waals surface area contributed by atoms with E-state index in [1.54, 1.807) is 12.3 Å². The van der Waals surface area contributed by atoms with E-state index in [4.69, 9.17) is 0 Å². The summed E-state index contributed by atoms with van der Waals surface area (Å²) < 4.78 is 0.871. The standard InChI is InChI=1S/C18H18BrN5O/c19-13-6-7-16(20-12-13)17(25)23-8-3-9-24(11-10-23)18-21-14-4-1-2-5-15(14)22-18/h1-2,4-7,12H,3,8-11H2,(H,21,22). The number of carbonyl (C=O) groups is 1. The molecule has 1 saturated heterocycles. The second-order valence-electron chi connectivity index (χ2n) is 6.07. The molecule has 0 atom stereocenters. The van der Waals surface area contributed by atoms with E-state index in [-0.39, 0.29) is 5.91 Å². The number of carbonyl (C=O) groups excluding carboxylic acids is 1. The highest BCUT2D eigenvalue weighted by Crippen LogP contribution is 2.19. The Morgan fingerprint density at radius 1 is 1.08 bits per heavy atom. The average Bonchev–Trinajstić information content (AvgIpc) is 2.91. The number of rotatable bonds is 2. The Bertz CT molecular complexity index is 859. The molecule has 2 aromatic heterocycles. The SMILES string of the molecule is O=C(c1ccc(Br)cn1)N1CCCN(c2nc3ccccc3[nH]2)CC1. The van der Waals surface area contributed by atoms with Crippen LogP contribution in [0.1, 0.15) is 16.9 Å². The topological polar surface area (TPSA) is 65.1 Å². The van der Waals surface area contributed by atoms with Crippen LogP contribution in [0.4, 0.5) is 5.95 Å². The number of para-hydroxylation sites is 2. The number of benzene rings is 1. The number of nitrogens with zero attached hydrogens (tertiary/aromatic N) is 4. The van der Waals surface area contributed by atoms with Crippen molar-refractivity contribution in [1.29, 1.82) is 0 Å². The van der Waals surface area contributed by atoms with Crippen LogP contribution in [0.2, 0.25) is 0 Å². The van der Waals surface area contributed by atoms with Gasteiger partial charge in [-0.15, -0.1) is 0 Å². The number of halogens is 1. The number of aromatic nitrogens is 3. The molecule has 1 aromatic carbocycles. The smallest absolute Gasteiger partial charge is 0.272 e. The van der Waals surface area contributed by atoms with Gasteiger partial charge in [-0.05, 0) is 46.6 Å². The Labute approximate surface area is 154 Å². The number of hydrogen-bond acceptors (Lipinski definition) is 4. The van der Waals surface area contributed by atoms with Gasteiger partial charge >= 0.3 is 0 Å². The zero-order chi connectivity index (χ0) is 17.2. The molecule has 1 aliphatic rings. The predicted octanol–water partition coefficient (Wildman–Crippen LogP) is 3.07. The third kappa shape index (κ3) is 3.37. The van der Waals surface area contributed by atoms with Gasteiger partial charge in [-0.1, -0.05) is 12.1 Å². The van der Waals surface area contributed by atoms with Crippen LogP contribution in [0.15, 0.2) is 47.1 Å². The second kappa shape index (κ2) is 6.84. The monoisotopic (exact) mass is 399 g/mol. The van der Waals surface area contributed by atoms with E-state index in [1.165, 1.54) is 0 Å². The minimum Gasteiger partial charge on any atom is -0.341 e. The molecule has 0 bridgehead atoms. The maximum atomic E-state index is 12.7. The summed E-state index contributed by atoms with van der Waals surface area (Å²) in [6.45, 7) is 3.01. The molecule has 1 fully saturated rings. The van der Waals surface area contributed by atoms with Gasteiger partial charge in [0.1, 0.15) is 5.69 Å². The van der Waals surface area contributed by atoms with E-state index in [0.29, 0.717) is 12.2 Å². The molecule has 1 amide bonds. The largest absolute Gasteiger partial charge is 0.341 e. The summed E-state index contributed by atoms with van der Waals surface area (Å²) in [6, 6.07) is 11.6. The first kappa shape index (κ1) is 16.1. The van der Waals surface area contributed by atoms with E-state index in [9.17, 15) is 4.79 Å². The fraction of sp³-hybridized carbons (Fsp3) is 0.278. The average molecular weight is 400 g/mol. The second-order valence-corrected chi connectivity index (χ2v) is 6.99. The van der Waals surface area contributed by atoms with Crippen molar-refractivity contribution >= 4 is 38.8 Å². The molecule has 25 heavy (non-hydrogen) atoms. The lowest BCUT2D eigenvalue weighted by Gasteiger charge is -2.21. The van der Waals surface area contributed by atoms with Crippen molar-refractivity contribution < 1.29 is 4.79 Å². The van der Waals surface area contributed by atoms with Crippen LogP contribution in [0.3, 0.4) is 0 Å². The van der Waals surface area contributed by atoms with E-state index < -0.39 is 0 Å². The fourth-order valence-electron chi connectivity index (χ4n) is 3.09. The van der Waals surface area contributed by atoms with Crippen molar-refractivity contribution in [3.8, 4) is 0 Å². The first-order chi connectivity index (χ1) is 12.2. The number of pyridine rings is 1. The Kier molecular flexibility index (Phi) is 4.40. The van der Waals surface area contributed by atoms with Crippen molar-refractivity contribution in [2.24, 2.45) is 0 Å². The molecule has 4 rings (SSSR count). The third-order valence-corrected chi connectivity index (χ3v) is 4.88. The highest BCUT2D eigenvalue weighted by Gasteiger charge is 2.22. The summed E-state index contributed by atoms with van der Waals surface area (Å²) in [7, 11) is 0. The van der Waals surface area contributed by atoms with E-state index in [1.807, 2.05) is 35.2 Å². The van der Waals surface area contributed by atoms with E-state index >= 15 is 0 Å². The number of aromatic amines is 1. The van der Waals surface area contributed by atoms with Gasteiger partial charge in [-0.2, -0.15) is 0 Å². The van der Waals surface area contributed by atoms with Crippen molar-refractivity contribution in [3.05, 3.63) is 52.8 Å². The molecule has 128 valence electrons. The molecule has 0 saturated carbocycles.